The number of hydrogen-bond acceptors (Lipinski definition) is 3. The molecular formula is C19H22FN3O2. The van der Waals surface area contributed by atoms with E-state index in [4.69, 9.17) is 4.74 Å². The molecule has 2 heterocycles. The lowest BCUT2D eigenvalue weighted by Crippen LogP contribution is -2.29. The maximum atomic E-state index is 13.6. The molecule has 0 bridgehead atoms. The summed E-state index contributed by atoms with van der Waals surface area (Å²) >= 11 is 0. The summed E-state index contributed by atoms with van der Waals surface area (Å²) in [5.74, 6) is -0.106. The Bertz CT molecular complexity index is 785. The first-order valence-corrected chi connectivity index (χ1v) is 8.94. The van der Waals surface area contributed by atoms with Gasteiger partial charge in [-0.1, -0.05) is 19.1 Å². The van der Waals surface area contributed by atoms with Crippen LogP contribution in [-0.2, 0) is 9.53 Å². The average Bonchev–Trinajstić information content (AvgIpc) is 3.19. The van der Waals surface area contributed by atoms with E-state index in [2.05, 4.69) is 15.5 Å². The first-order chi connectivity index (χ1) is 12.2. The zero-order valence-corrected chi connectivity index (χ0v) is 14.2. The Balaban J connectivity index is 1.65. The van der Waals surface area contributed by atoms with Gasteiger partial charge in [0, 0.05) is 18.1 Å². The Morgan fingerprint density at radius 2 is 2.24 bits per heavy atom. The van der Waals surface area contributed by atoms with Crippen molar-refractivity contribution < 1.29 is 13.9 Å². The second-order valence-electron chi connectivity index (χ2n) is 6.85. The SMILES string of the molecule is CC[C@@H]1OCC[C@H]1C(=O)Nc1c(-c2cccc(F)c2)n[nH]c1C1CC1. The molecule has 2 atom stereocenters. The van der Waals surface area contributed by atoms with Crippen LogP contribution < -0.4 is 5.32 Å². The number of aromatic nitrogens is 2. The van der Waals surface area contributed by atoms with Gasteiger partial charge in [0.15, 0.2) is 0 Å². The van der Waals surface area contributed by atoms with Gasteiger partial charge in [-0.3, -0.25) is 9.89 Å². The molecule has 1 aromatic carbocycles. The zero-order valence-electron chi connectivity index (χ0n) is 14.2. The number of rotatable bonds is 5. The van der Waals surface area contributed by atoms with Gasteiger partial charge in [-0.15, -0.1) is 0 Å². The van der Waals surface area contributed by atoms with Crippen molar-refractivity contribution in [3.8, 4) is 11.3 Å². The summed E-state index contributed by atoms with van der Waals surface area (Å²) in [6.45, 7) is 2.65. The zero-order chi connectivity index (χ0) is 17.4. The van der Waals surface area contributed by atoms with E-state index >= 15 is 0 Å². The summed E-state index contributed by atoms with van der Waals surface area (Å²) in [7, 11) is 0. The van der Waals surface area contributed by atoms with Gasteiger partial charge in [0.2, 0.25) is 5.91 Å². The van der Waals surface area contributed by atoms with E-state index in [9.17, 15) is 9.18 Å². The molecule has 0 spiro atoms. The van der Waals surface area contributed by atoms with Crippen LogP contribution >= 0.6 is 0 Å². The first-order valence-electron chi connectivity index (χ1n) is 8.94. The van der Waals surface area contributed by atoms with Gasteiger partial charge < -0.3 is 10.1 Å². The molecule has 1 saturated carbocycles. The normalized spacial score (nSPS) is 23.0. The minimum Gasteiger partial charge on any atom is -0.377 e. The summed E-state index contributed by atoms with van der Waals surface area (Å²) in [6.07, 6.45) is 3.68. The van der Waals surface area contributed by atoms with Gasteiger partial charge in [0.25, 0.3) is 0 Å². The minimum absolute atomic E-state index is 0.0334. The van der Waals surface area contributed by atoms with Crippen molar-refractivity contribution >= 4 is 11.6 Å². The van der Waals surface area contributed by atoms with Crippen molar-refractivity contribution in [2.45, 2.75) is 44.6 Å². The van der Waals surface area contributed by atoms with Crippen LogP contribution in [0.5, 0.6) is 0 Å². The molecule has 0 radical (unpaired) electrons. The molecular weight excluding hydrogens is 321 g/mol. The molecule has 4 rings (SSSR count). The highest BCUT2D eigenvalue weighted by molar-refractivity contribution is 5.97. The largest absolute Gasteiger partial charge is 0.377 e. The van der Waals surface area contributed by atoms with E-state index in [0.717, 1.165) is 31.4 Å². The van der Waals surface area contributed by atoms with Crippen molar-refractivity contribution in [3.05, 3.63) is 35.8 Å². The Morgan fingerprint density at radius 1 is 1.40 bits per heavy atom. The minimum atomic E-state index is -0.319. The summed E-state index contributed by atoms with van der Waals surface area (Å²) in [5.41, 5.74) is 2.90. The molecule has 1 amide bonds. The van der Waals surface area contributed by atoms with Gasteiger partial charge in [-0.2, -0.15) is 5.10 Å². The van der Waals surface area contributed by atoms with Gasteiger partial charge in [0.05, 0.1) is 23.4 Å². The maximum Gasteiger partial charge on any atom is 0.230 e. The molecule has 2 aromatic rings. The number of nitrogens with one attached hydrogen (secondary N) is 2. The third kappa shape index (κ3) is 3.18. The van der Waals surface area contributed by atoms with E-state index in [1.165, 1.54) is 12.1 Å². The smallest absolute Gasteiger partial charge is 0.230 e. The molecule has 5 nitrogen and oxygen atoms in total. The van der Waals surface area contributed by atoms with Crippen LogP contribution in [0.15, 0.2) is 24.3 Å². The van der Waals surface area contributed by atoms with E-state index in [1.807, 2.05) is 6.92 Å². The van der Waals surface area contributed by atoms with Gasteiger partial charge in [0.1, 0.15) is 11.5 Å². The van der Waals surface area contributed by atoms with Crippen molar-refractivity contribution in [2.24, 2.45) is 5.92 Å². The van der Waals surface area contributed by atoms with E-state index < -0.39 is 0 Å². The van der Waals surface area contributed by atoms with Crippen molar-refractivity contribution in [1.29, 1.82) is 0 Å². The van der Waals surface area contributed by atoms with Crippen molar-refractivity contribution in [2.75, 3.05) is 11.9 Å². The summed E-state index contributed by atoms with van der Waals surface area (Å²) in [5, 5.41) is 10.5. The number of halogens is 1. The van der Waals surface area contributed by atoms with Crippen LogP contribution in [0.1, 0.15) is 44.2 Å². The fourth-order valence-corrected chi connectivity index (χ4v) is 3.56. The second kappa shape index (κ2) is 6.59. The number of nitrogens with zero attached hydrogens (tertiary/aromatic N) is 1. The van der Waals surface area contributed by atoms with Crippen LogP contribution in [-0.4, -0.2) is 28.8 Å². The lowest BCUT2D eigenvalue weighted by Gasteiger charge is -2.17. The number of ether oxygens (including phenoxy) is 1. The number of hydrogen-bond donors (Lipinski definition) is 2. The Labute approximate surface area is 146 Å². The van der Waals surface area contributed by atoms with Crippen molar-refractivity contribution in [3.63, 3.8) is 0 Å². The number of carbonyl (C=O) groups excluding carboxylic acids is 1. The second-order valence-corrected chi connectivity index (χ2v) is 6.85. The van der Waals surface area contributed by atoms with E-state index in [1.54, 1.807) is 12.1 Å². The summed E-state index contributed by atoms with van der Waals surface area (Å²) < 4.78 is 19.3. The number of H-pyrrole nitrogens is 1. The fraction of sp³-hybridized carbons (Fsp3) is 0.474. The monoisotopic (exact) mass is 343 g/mol. The number of benzene rings is 1. The molecule has 1 aromatic heterocycles. The predicted octanol–water partition coefficient (Wildman–Crippen LogP) is 3.85. The third-order valence-electron chi connectivity index (χ3n) is 5.07. The third-order valence-corrected chi connectivity index (χ3v) is 5.07. The summed E-state index contributed by atoms with van der Waals surface area (Å²) in [6, 6.07) is 6.30. The topological polar surface area (TPSA) is 67.0 Å². The van der Waals surface area contributed by atoms with Crippen LogP contribution in [0.4, 0.5) is 10.1 Å². The van der Waals surface area contributed by atoms with E-state index in [-0.39, 0.29) is 23.7 Å². The van der Waals surface area contributed by atoms with Crippen molar-refractivity contribution in [1.82, 2.24) is 10.2 Å². The standard InChI is InChI=1S/C19H22FN3O2/c1-2-15-14(8-9-25-15)19(24)21-18-16(11-6-7-11)22-23-17(18)12-4-3-5-13(20)10-12/h3-5,10-11,14-15H,2,6-9H2,1H3,(H,21,24)(H,22,23)/t14-,15+/m1/s1. The predicted molar refractivity (Wildman–Crippen MR) is 92.7 cm³/mol. The van der Waals surface area contributed by atoms with Gasteiger partial charge >= 0.3 is 0 Å². The number of anilines is 1. The Morgan fingerprint density at radius 3 is 2.96 bits per heavy atom. The molecule has 6 heteroatoms. The first kappa shape index (κ1) is 16.3. The Hall–Kier alpha value is -2.21. The average molecular weight is 343 g/mol. The van der Waals surface area contributed by atoms with Crippen LogP contribution in [0.2, 0.25) is 0 Å². The van der Waals surface area contributed by atoms with E-state index in [0.29, 0.717) is 29.5 Å². The van der Waals surface area contributed by atoms with Gasteiger partial charge in [-0.05, 0) is 37.8 Å². The number of carbonyl (C=O) groups is 1. The molecule has 2 N–H and O–H groups in total. The molecule has 1 saturated heterocycles. The molecule has 2 fully saturated rings. The molecule has 0 unspecified atom stereocenters. The van der Waals surface area contributed by atoms with Crippen LogP contribution in [0, 0.1) is 11.7 Å². The summed E-state index contributed by atoms with van der Waals surface area (Å²) in [4.78, 5) is 12.8. The highest BCUT2D eigenvalue weighted by Crippen LogP contribution is 2.45. The quantitative estimate of drug-likeness (QED) is 0.866. The molecule has 132 valence electrons. The highest BCUT2D eigenvalue weighted by Gasteiger charge is 2.36. The number of aromatic amines is 1. The maximum absolute atomic E-state index is 13.6. The van der Waals surface area contributed by atoms with Crippen LogP contribution in [0.3, 0.4) is 0 Å². The highest BCUT2D eigenvalue weighted by atomic mass is 19.1. The molecule has 2 aliphatic rings. The van der Waals surface area contributed by atoms with Gasteiger partial charge in [-0.25, -0.2) is 4.39 Å². The molecule has 25 heavy (non-hydrogen) atoms. The lowest BCUT2D eigenvalue weighted by atomic mass is 9.98. The molecule has 1 aliphatic carbocycles. The fourth-order valence-electron chi connectivity index (χ4n) is 3.56. The lowest BCUT2D eigenvalue weighted by molar-refractivity contribution is -0.121. The Kier molecular flexibility index (Phi) is 4.29. The number of amides is 1. The van der Waals surface area contributed by atoms with Crippen LogP contribution in [0.25, 0.3) is 11.3 Å². The molecule has 1 aliphatic heterocycles.